The summed E-state index contributed by atoms with van der Waals surface area (Å²) in [4.78, 5) is 4.66. The number of methoxy groups -OCH3 is 1. The normalized spacial score (nSPS) is 11.5. The standard InChI is InChI=1S/C18H27N5O/c1-6-19-18(20-11-15-9-7-8-10-17(15)24-5)21-12-16-13(2)22-23(4)14(16)3/h7-10H,6,11-12H2,1-5H3,(H2,19,20,21). The lowest BCUT2D eigenvalue weighted by Crippen LogP contribution is -2.37. The first-order chi connectivity index (χ1) is 11.6. The minimum absolute atomic E-state index is 0.560. The number of benzene rings is 1. The number of nitrogens with zero attached hydrogens (tertiary/aromatic N) is 3. The molecule has 0 fully saturated rings. The number of aryl methyl sites for hydroxylation is 2. The Morgan fingerprint density at radius 2 is 2.00 bits per heavy atom. The second kappa shape index (κ2) is 8.38. The molecule has 1 heterocycles. The SMILES string of the molecule is CCNC(=NCc1ccccc1OC)NCc1c(C)nn(C)c1C. The van der Waals surface area contributed by atoms with Gasteiger partial charge >= 0.3 is 0 Å². The first-order valence-corrected chi connectivity index (χ1v) is 8.20. The van der Waals surface area contributed by atoms with Crippen LogP contribution in [0.1, 0.15) is 29.4 Å². The van der Waals surface area contributed by atoms with Gasteiger partial charge in [0.25, 0.3) is 0 Å². The van der Waals surface area contributed by atoms with E-state index in [1.54, 1.807) is 7.11 Å². The fourth-order valence-corrected chi connectivity index (χ4v) is 2.58. The van der Waals surface area contributed by atoms with E-state index in [-0.39, 0.29) is 0 Å². The van der Waals surface area contributed by atoms with Gasteiger partial charge in [0.05, 0.1) is 19.3 Å². The molecule has 6 nitrogen and oxygen atoms in total. The smallest absolute Gasteiger partial charge is 0.191 e. The number of guanidine groups is 1. The van der Waals surface area contributed by atoms with Gasteiger partial charge in [-0.15, -0.1) is 0 Å². The van der Waals surface area contributed by atoms with Crippen LogP contribution in [0.15, 0.2) is 29.3 Å². The molecule has 130 valence electrons. The third kappa shape index (κ3) is 4.28. The average molecular weight is 329 g/mol. The molecule has 2 aromatic rings. The van der Waals surface area contributed by atoms with Crippen LogP contribution >= 0.6 is 0 Å². The maximum absolute atomic E-state index is 5.38. The number of hydrogen-bond donors (Lipinski definition) is 2. The molecule has 24 heavy (non-hydrogen) atoms. The Morgan fingerprint density at radius 1 is 1.25 bits per heavy atom. The van der Waals surface area contributed by atoms with Crippen LogP contribution in [-0.2, 0) is 20.1 Å². The zero-order valence-corrected chi connectivity index (χ0v) is 15.2. The van der Waals surface area contributed by atoms with Gasteiger partial charge in [-0.05, 0) is 26.8 Å². The van der Waals surface area contributed by atoms with E-state index in [4.69, 9.17) is 4.74 Å². The quantitative estimate of drug-likeness (QED) is 0.630. The third-order valence-corrected chi connectivity index (χ3v) is 4.04. The fourth-order valence-electron chi connectivity index (χ4n) is 2.58. The molecule has 0 bridgehead atoms. The average Bonchev–Trinajstić information content (AvgIpc) is 2.83. The molecular formula is C18H27N5O. The molecule has 0 unspecified atom stereocenters. The van der Waals surface area contributed by atoms with E-state index >= 15 is 0 Å². The van der Waals surface area contributed by atoms with Crippen LogP contribution in [0.5, 0.6) is 5.75 Å². The van der Waals surface area contributed by atoms with Gasteiger partial charge < -0.3 is 15.4 Å². The number of hydrogen-bond acceptors (Lipinski definition) is 3. The minimum atomic E-state index is 0.560. The van der Waals surface area contributed by atoms with Gasteiger partial charge in [0, 0.05) is 37.0 Å². The lowest BCUT2D eigenvalue weighted by molar-refractivity contribution is 0.410. The van der Waals surface area contributed by atoms with Gasteiger partial charge in [-0.2, -0.15) is 5.10 Å². The van der Waals surface area contributed by atoms with Crippen molar-refractivity contribution in [2.45, 2.75) is 33.9 Å². The van der Waals surface area contributed by atoms with Crippen molar-refractivity contribution >= 4 is 5.96 Å². The van der Waals surface area contributed by atoms with Crippen LogP contribution in [0, 0.1) is 13.8 Å². The van der Waals surface area contributed by atoms with Crippen molar-refractivity contribution < 1.29 is 4.74 Å². The number of ether oxygens (including phenoxy) is 1. The molecule has 0 spiro atoms. The van der Waals surface area contributed by atoms with Crippen molar-refractivity contribution in [2.24, 2.45) is 12.0 Å². The lowest BCUT2D eigenvalue weighted by atomic mass is 10.2. The van der Waals surface area contributed by atoms with E-state index < -0.39 is 0 Å². The molecule has 6 heteroatoms. The Hall–Kier alpha value is -2.50. The second-order valence-electron chi connectivity index (χ2n) is 5.63. The van der Waals surface area contributed by atoms with Crippen molar-refractivity contribution in [2.75, 3.05) is 13.7 Å². The van der Waals surface area contributed by atoms with Crippen LogP contribution in [0.25, 0.3) is 0 Å². The third-order valence-electron chi connectivity index (χ3n) is 4.04. The van der Waals surface area contributed by atoms with Gasteiger partial charge in [0.2, 0.25) is 0 Å². The molecule has 1 aromatic heterocycles. The van der Waals surface area contributed by atoms with E-state index in [1.807, 2.05) is 42.9 Å². The van der Waals surface area contributed by atoms with Crippen molar-refractivity contribution in [3.63, 3.8) is 0 Å². The first-order valence-electron chi connectivity index (χ1n) is 8.20. The summed E-state index contributed by atoms with van der Waals surface area (Å²) < 4.78 is 7.29. The topological polar surface area (TPSA) is 63.5 Å². The predicted octanol–water partition coefficient (Wildman–Crippen LogP) is 2.30. The maximum atomic E-state index is 5.38. The van der Waals surface area contributed by atoms with Crippen LogP contribution in [0.3, 0.4) is 0 Å². The Labute approximate surface area is 143 Å². The Bertz CT molecular complexity index is 705. The fraction of sp³-hybridized carbons (Fsp3) is 0.444. The highest BCUT2D eigenvalue weighted by molar-refractivity contribution is 5.79. The van der Waals surface area contributed by atoms with E-state index in [0.717, 1.165) is 29.5 Å². The summed E-state index contributed by atoms with van der Waals surface area (Å²) in [7, 11) is 3.65. The molecule has 0 aliphatic rings. The van der Waals surface area contributed by atoms with Gasteiger partial charge in [0.15, 0.2) is 5.96 Å². The monoisotopic (exact) mass is 329 g/mol. The molecule has 0 atom stereocenters. The Balaban J connectivity index is 2.08. The summed E-state index contributed by atoms with van der Waals surface area (Å²) in [5.74, 6) is 1.64. The molecule has 0 aliphatic carbocycles. The lowest BCUT2D eigenvalue weighted by Gasteiger charge is -2.12. The van der Waals surface area contributed by atoms with Gasteiger partial charge in [0.1, 0.15) is 5.75 Å². The number of nitrogens with one attached hydrogen (secondary N) is 2. The van der Waals surface area contributed by atoms with Crippen molar-refractivity contribution in [3.8, 4) is 5.75 Å². The molecule has 2 rings (SSSR count). The van der Waals surface area contributed by atoms with Crippen LogP contribution < -0.4 is 15.4 Å². The van der Waals surface area contributed by atoms with E-state index in [0.29, 0.717) is 13.1 Å². The molecule has 0 amide bonds. The zero-order valence-electron chi connectivity index (χ0n) is 15.2. The number of rotatable bonds is 6. The highest BCUT2D eigenvalue weighted by Crippen LogP contribution is 2.18. The molecule has 0 radical (unpaired) electrons. The molecule has 0 aliphatic heterocycles. The highest BCUT2D eigenvalue weighted by atomic mass is 16.5. The van der Waals surface area contributed by atoms with E-state index in [1.165, 1.54) is 11.3 Å². The first kappa shape index (κ1) is 17.8. The van der Waals surface area contributed by atoms with Crippen molar-refractivity contribution in [1.82, 2.24) is 20.4 Å². The summed E-state index contributed by atoms with van der Waals surface area (Å²) >= 11 is 0. The number of para-hydroxylation sites is 1. The maximum Gasteiger partial charge on any atom is 0.191 e. The molecule has 2 N–H and O–H groups in total. The van der Waals surface area contributed by atoms with Gasteiger partial charge in [-0.1, -0.05) is 18.2 Å². The van der Waals surface area contributed by atoms with E-state index in [9.17, 15) is 0 Å². The predicted molar refractivity (Wildman–Crippen MR) is 97.3 cm³/mol. The zero-order chi connectivity index (χ0) is 17.5. The summed E-state index contributed by atoms with van der Waals surface area (Å²) in [5, 5.41) is 11.1. The Kier molecular flexibility index (Phi) is 6.23. The summed E-state index contributed by atoms with van der Waals surface area (Å²) in [5.41, 5.74) is 4.48. The van der Waals surface area contributed by atoms with Gasteiger partial charge in [-0.25, -0.2) is 4.99 Å². The van der Waals surface area contributed by atoms with Gasteiger partial charge in [-0.3, -0.25) is 4.68 Å². The molecule has 0 saturated heterocycles. The number of aliphatic imine (C=N–C) groups is 1. The second-order valence-corrected chi connectivity index (χ2v) is 5.63. The summed E-state index contributed by atoms with van der Waals surface area (Å²) in [6.07, 6.45) is 0. The van der Waals surface area contributed by atoms with Crippen LogP contribution in [0.2, 0.25) is 0 Å². The number of aromatic nitrogens is 2. The molecule has 1 aromatic carbocycles. The molecule has 0 saturated carbocycles. The van der Waals surface area contributed by atoms with E-state index in [2.05, 4.69) is 34.6 Å². The summed E-state index contributed by atoms with van der Waals surface area (Å²) in [6.45, 7) is 8.23. The minimum Gasteiger partial charge on any atom is -0.496 e. The Morgan fingerprint density at radius 3 is 2.62 bits per heavy atom. The van der Waals surface area contributed by atoms with Crippen LogP contribution in [0.4, 0.5) is 0 Å². The highest BCUT2D eigenvalue weighted by Gasteiger charge is 2.10. The van der Waals surface area contributed by atoms with Crippen molar-refractivity contribution in [1.29, 1.82) is 0 Å². The largest absolute Gasteiger partial charge is 0.496 e. The van der Waals surface area contributed by atoms with Crippen LogP contribution in [-0.4, -0.2) is 29.4 Å². The van der Waals surface area contributed by atoms with Crippen molar-refractivity contribution in [3.05, 3.63) is 46.8 Å². The summed E-state index contributed by atoms with van der Waals surface area (Å²) in [6, 6.07) is 7.94. The molecular weight excluding hydrogens is 302 g/mol.